The lowest BCUT2D eigenvalue weighted by Gasteiger charge is -2.40. The van der Waals surface area contributed by atoms with Crippen molar-refractivity contribution in [2.45, 2.75) is 43.7 Å². The highest BCUT2D eigenvalue weighted by atomic mass is 19.1. The summed E-state index contributed by atoms with van der Waals surface area (Å²) in [5, 5.41) is 9.43. The Hall–Kier alpha value is -3.99. The number of amides is 2. The Labute approximate surface area is 225 Å². The van der Waals surface area contributed by atoms with Crippen LogP contribution in [0.15, 0.2) is 42.5 Å². The smallest absolute Gasteiger partial charge is 0.291 e. The molecular weight excluding hydrogens is 503 g/mol. The van der Waals surface area contributed by atoms with E-state index < -0.39 is 11.9 Å². The molecule has 204 valence electrons. The van der Waals surface area contributed by atoms with Crippen molar-refractivity contribution in [1.82, 2.24) is 20.5 Å². The number of carbonyl (C=O) groups is 2. The van der Waals surface area contributed by atoms with E-state index in [1.807, 2.05) is 18.2 Å². The van der Waals surface area contributed by atoms with Gasteiger partial charge in [-0.15, -0.1) is 5.10 Å². The number of H-pyrrole nitrogens is 1. The van der Waals surface area contributed by atoms with Crippen molar-refractivity contribution in [3.05, 3.63) is 65.5 Å². The Kier molecular flexibility index (Phi) is 6.68. The van der Waals surface area contributed by atoms with Crippen LogP contribution in [0.1, 0.15) is 47.7 Å². The molecule has 1 spiro atoms. The van der Waals surface area contributed by atoms with Gasteiger partial charge in [0.1, 0.15) is 30.0 Å². The topological polar surface area (TPSA) is 113 Å². The van der Waals surface area contributed by atoms with E-state index in [0.29, 0.717) is 23.7 Å². The lowest BCUT2D eigenvalue weighted by Crippen LogP contribution is -2.49. The van der Waals surface area contributed by atoms with Gasteiger partial charge in [-0.05, 0) is 61.6 Å². The Bertz CT molecular complexity index is 1360. The minimum Gasteiger partial charge on any atom is -0.489 e. The first-order valence-electron chi connectivity index (χ1n) is 13.3. The van der Waals surface area contributed by atoms with Gasteiger partial charge in [-0.25, -0.2) is 9.37 Å². The number of aromatic amines is 1. The minimum atomic E-state index is -0.910. The van der Waals surface area contributed by atoms with Gasteiger partial charge in [0, 0.05) is 38.9 Å². The second kappa shape index (κ2) is 10.3. The molecule has 3 aromatic rings. The van der Waals surface area contributed by atoms with E-state index in [4.69, 9.17) is 9.47 Å². The summed E-state index contributed by atoms with van der Waals surface area (Å²) in [6.07, 6.45) is 4.62. The first kappa shape index (κ1) is 25.3. The second-order valence-electron chi connectivity index (χ2n) is 10.4. The van der Waals surface area contributed by atoms with Crippen LogP contribution in [0.2, 0.25) is 0 Å². The fraction of sp³-hybridized carbons (Fsp3) is 0.429. The summed E-state index contributed by atoms with van der Waals surface area (Å²) >= 11 is 0. The number of piperidine rings is 1. The fourth-order valence-electron chi connectivity index (χ4n) is 5.60. The van der Waals surface area contributed by atoms with Gasteiger partial charge >= 0.3 is 0 Å². The van der Waals surface area contributed by atoms with Crippen LogP contribution in [-0.2, 0) is 16.0 Å². The number of carbonyl (C=O) groups excluding carboxylic acids is 2. The van der Waals surface area contributed by atoms with E-state index in [1.165, 1.54) is 17.0 Å². The molecule has 0 bridgehead atoms. The Morgan fingerprint density at radius 2 is 1.97 bits per heavy atom. The first-order valence-corrected chi connectivity index (χ1v) is 13.3. The highest BCUT2D eigenvalue weighted by molar-refractivity contribution is 6.02. The van der Waals surface area contributed by atoms with Crippen LogP contribution in [0.3, 0.4) is 0 Å². The van der Waals surface area contributed by atoms with Crippen molar-refractivity contribution in [3.8, 4) is 5.75 Å². The van der Waals surface area contributed by atoms with Gasteiger partial charge in [0.2, 0.25) is 5.82 Å². The largest absolute Gasteiger partial charge is 0.489 e. The van der Waals surface area contributed by atoms with Gasteiger partial charge in [0.15, 0.2) is 0 Å². The molecule has 2 saturated heterocycles. The fourth-order valence-corrected chi connectivity index (χ4v) is 5.60. The molecule has 0 aliphatic carbocycles. The summed E-state index contributed by atoms with van der Waals surface area (Å²) in [6, 6.07) is 11.0. The Balaban J connectivity index is 1.10. The van der Waals surface area contributed by atoms with Crippen molar-refractivity contribution < 1.29 is 23.5 Å². The van der Waals surface area contributed by atoms with E-state index in [0.717, 1.165) is 56.6 Å². The van der Waals surface area contributed by atoms with Crippen molar-refractivity contribution in [3.63, 3.8) is 0 Å². The lowest BCUT2D eigenvalue weighted by molar-refractivity contribution is -0.120. The first-order chi connectivity index (χ1) is 18.9. The van der Waals surface area contributed by atoms with Gasteiger partial charge in [0.05, 0.1) is 11.3 Å². The minimum absolute atomic E-state index is 0.0162. The lowest BCUT2D eigenvalue weighted by atomic mass is 9.88. The van der Waals surface area contributed by atoms with Crippen LogP contribution < -0.4 is 19.9 Å². The number of likely N-dealkylation sites (N-methyl/N-ethyl adjacent to an activating group) is 1. The van der Waals surface area contributed by atoms with Gasteiger partial charge in [-0.1, -0.05) is 12.1 Å². The molecule has 11 heteroatoms. The second-order valence-corrected chi connectivity index (χ2v) is 10.4. The summed E-state index contributed by atoms with van der Waals surface area (Å²) in [7, 11) is 1.68. The normalized spacial score (nSPS) is 20.5. The van der Waals surface area contributed by atoms with E-state index in [1.54, 1.807) is 19.2 Å². The monoisotopic (exact) mass is 534 g/mol. The number of anilines is 2. The van der Waals surface area contributed by atoms with Gasteiger partial charge in [-0.3, -0.25) is 14.7 Å². The summed E-state index contributed by atoms with van der Waals surface area (Å²) in [4.78, 5) is 34.3. The molecule has 2 fully saturated rings. The molecule has 10 nitrogen and oxygen atoms in total. The summed E-state index contributed by atoms with van der Waals surface area (Å²) in [6.45, 7) is 2.64. The summed E-state index contributed by atoms with van der Waals surface area (Å²) in [5.41, 5.74) is 2.54. The Morgan fingerprint density at radius 3 is 2.72 bits per heavy atom. The number of halogens is 1. The molecule has 2 amide bonds. The van der Waals surface area contributed by atoms with Gasteiger partial charge in [0.25, 0.3) is 11.8 Å². The molecule has 3 aliphatic rings. The molecule has 2 aromatic carbocycles. The molecule has 2 N–H and O–H groups in total. The van der Waals surface area contributed by atoms with E-state index in [-0.39, 0.29) is 29.8 Å². The molecule has 3 aliphatic heterocycles. The van der Waals surface area contributed by atoms with E-state index in [2.05, 4.69) is 25.4 Å². The van der Waals surface area contributed by atoms with E-state index in [9.17, 15) is 14.0 Å². The van der Waals surface area contributed by atoms with Gasteiger partial charge < -0.3 is 24.6 Å². The SMILES string of the molecule is CN1C(=O)[C@@H](NC(=O)c2n[nH]c(Cc3ccc(F)cc3)n2)COc2ccc(N3CCC4(CCCO4)CC3)cc21. The number of hydrogen-bond acceptors (Lipinski definition) is 7. The number of nitrogens with zero attached hydrogens (tertiary/aromatic N) is 4. The number of aromatic nitrogens is 3. The molecule has 1 aromatic heterocycles. The van der Waals surface area contributed by atoms with Crippen LogP contribution in [0.25, 0.3) is 0 Å². The predicted octanol–water partition coefficient (Wildman–Crippen LogP) is 2.84. The maximum absolute atomic E-state index is 13.3. The molecule has 4 heterocycles. The number of rotatable bonds is 5. The van der Waals surface area contributed by atoms with Crippen molar-refractivity contribution in [2.24, 2.45) is 0 Å². The van der Waals surface area contributed by atoms with Crippen LogP contribution in [0.4, 0.5) is 15.8 Å². The van der Waals surface area contributed by atoms with Crippen LogP contribution in [0, 0.1) is 5.82 Å². The van der Waals surface area contributed by atoms with Crippen molar-refractivity contribution >= 4 is 23.2 Å². The van der Waals surface area contributed by atoms with Crippen LogP contribution in [-0.4, -0.2) is 72.0 Å². The molecular formula is C28H31FN6O4. The average Bonchev–Trinajstić information content (AvgIpc) is 3.59. The summed E-state index contributed by atoms with van der Waals surface area (Å²) < 4.78 is 25.2. The zero-order valence-corrected chi connectivity index (χ0v) is 21.8. The highest BCUT2D eigenvalue weighted by Gasteiger charge is 2.39. The molecule has 39 heavy (non-hydrogen) atoms. The standard InChI is InChI=1S/C28H31FN6O4/c1-34-22-16-20(35-12-10-28(11-13-35)9-2-14-39-28)7-8-23(22)38-17-21(27(34)37)30-26(36)25-31-24(32-33-25)15-18-3-5-19(29)6-4-18/h3-8,16,21H,2,9-15,17H2,1H3,(H,30,36)(H,31,32,33)/t21-/m0/s1. The zero-order chi connectivity index (χ0) is 27.0. The molecule has 0 radical (unpaired) electrons. The zero-order valence-electron chi connectivity index (χ0n) is 21.8. The Morgan fingerprint density at radius 1 is 1.18 bits per heavy atom. The molecule has 0 saturated carbocycles. The highest BCUT2D eigenvalue weighted by Crippen LogP contribution is 2.39. The maximum Gasteiger partial charge on any atom is 0.291 e. The number of fused-ring (bicyclic) bond motifs is 1. The van der Waals surface area contributed by atoms with Crippen molar-refractivity contribution in [1.29, 1.82) is 0 Å². The van der Waals surface area contributed by atoms with Crippen LogP contribution >= 0.6 is 0 Å². The summed E-state index contributed by atoms with van der Waals surface area (Å²) in [5.74, 6) is -0.253. The third kappa shape index (κ3) is 5.18. The van der Waals surface area contributed by atoms with Crippen LogP contribution in [0.5, 0.6) is 5.75 Å². The number of ether oxygens (including phenoxy) is 2. The van der Waals surface area contributed by atoms with Crippen molar-refractivity contribution in [2.75, 3.05) is 43.2 Å². The quantitative estimate of drug-likeness (QED) is 0.518. The van der Waals surface area contributed by atoms with E-state index >= 15 is 0 Å². The maximum atomic E-state index is 13.3. The molecule has 1 atom stereocenters. The molecule has 6 rings (SSSR count). The average molecular weight is 535 g/mol. The third-order valence-electron chi connectivity index (χ3n) is 7.89. The number of nitrogens with one attached hydrogen (secondary N) is 2. The number of hydrogen-bond donors (Lipinski definition) is 2. The third-order valence-corrected chi connectivity index (χ3v) is 7.89. The predicted molar refractivity (Wildman–Crippen MR) is 142 cm³/mol. The molecule has 0 unspecified atom stereocenters. The number of benzene rings is 2. The van der Waals surface area contributed by atoms with Gasteiger partial charge in [-0.2, -0.15) is 0 Å².